The Kier molecular flexibility index (Phi) is 13.9. The van der Waals surface area contributed by atoms with Gasteiger partial charge < -0.3 is 32.5 Å². The summed E-state index contributed by atoms with van der Waals surface area (Å²) in [6.07, 6.45) is 3.97. The van der Waals surface area contributed by atoms with Crippen molar-refractivity contribution in [1.29, 1.82) is 0 Å². The lowest BCUT2D eigenvalue weighted by Crippen LogP contribution is -2.56. The Morgan fingerprint density at radius 2 is 1.59 bits per heavy atom. The van der Waals surface area contributed by atoms with Crippen LogP contribution in [-0.2, 0) is 25.6 Å². The van der Waals surface area contributed by atoms with Crippen LogP contribution in [0.1, 0.15) is 38.2 Å². The molecule has 0 saturated heterocycles. The molecule has 34 heavy (non-hydrogen) atoms. The third kappa shape index (κ3) is 11.0. The molecule has 0 bridgehead atoms. The fourth-order valence-electron chi connectivity index (χ4n) is 3.14. The monoisotopic (exact) mass is 495 g/mol. The summed E-state index contributed by atoms with van der Waals surface area (Å²) in [7, 11) is 0. The van der Waals surface area contributed by atoms with Crippen molar-refractivity contribution in [2.75, 3.05) is 18.6 Å². The summed E-state index contributed by atoms with van der Waals surface area (Å²) in [6.45, 7) is 1.92. The van der Waals surface area contributed by atoms with Crippen molar-refractivity contribution in [3.05, 3.63) is 35.9 Å². The van der Waals surface area contributed by atoms with Gasteiger partial charge in [-0.25, -0.2) is 4.79 Å². The SMILES string of the molecule is CSCCC(N)C(=O)NC(C)C(=O)NC(CCCCN)C(=O)NC(Cc1ccccc1)C(=O)O. The van der Waals surface area contributed by atoms with Crippen molar-refractivity contribution in [2.45, 2.75) is 63.2 Å². The van der Waals surface area contributed by atoms with E-state index in [2.05, 4.69) is 16.0 Å². The minimum absolute atomic E-state index is 0.103. The Labute approximate surface area is 205 Å². The van der Waals surface area contributed by atoms with Gasteiger partial charge in [0.05, 0.1) is 6.04 Å². The number of carbonyl (C=O) groups is 4. The number of carboxylic acids is 1. The highest BCUT2D eigenvalue weighted by Crippen LogP contribution is 2.07. The van der Waals surface area contributed by atoms with E-state index >= 15 is 0 Å². The predicted molar refractivity (Wildman–Crippen MR) is 133 cm³/mol. The van der Waals surface area contributed by atoms with Crippen LogP contribution in [0.15, 0.2) is 30.3 Å². The van der Waals surface area contributed by atoms with Crippen LogP contribution in [0.3, 0.4) is 0 Å². The molecule has 11 heteroatoms. The molecule has 1 aromatic rings. The van der Waals surface area contributed by atoms with Crippen LogP contribution in [0, 0.1) is 0 Å². The zero-order valence-electron chi connectivity index (χ0n) is 19.8. The minimum atomic E-state index is -1.18. The maximum Gasteiger partial charge on any atom is 0.326 e. The summed E-state index contributed by atoms with van der Waals surface area (Å²) in [5, 5.41) is 17.3. The number of carbonyl (C=O) groups excluding carboxylic acids is 3. The molecule has 190 valence electrons. The number of amides is 3. The molecule has 0 aromatic heterocycles. The number of benzene rings is 1. The molecule has 0 aliphatic heterocycles. The standard InChI is InChI=1S/C23H37N5O5S/c1-15(26-21(30)17(25)11-13-34-2)20(29)27-18(10-6-7-12-24)22(31)28-19(23(32)33)14-16-8-4-3-5-9-16/h3-5,8-9,15,17-19H,6-7,10-14,24-25H2,1-2H3,(H,26,30)(H,27,29)(H,28,31)(H,32,33). The summed E-state index contributed by atoms with van der Waals surface area (Å²) < 4.78 is 0. The van der Waals surface area contributed by atoms with E-state index in [9.17, 15) is 24.3 Å². The van der Waals surface area contributed by atoms with Crippen molar-refractivity contribution >= 4 is 35.5 Å². The first-order valence-corrected chi connectivity index (χ1v) is 12.7. The third-order valence-corrected chi connectivity index (χ3v) is 5.84. The highest BCUT2D eigenvalue weighted by Gasteiger charge is 2.28. The van der Waals surface area contributed by atoms with Gasteiger partial charge in [0.2, 0.25) is 17.7 Å². The van der Waals surface area contributed by atoms with E-state index < -0.39 is 47.9 Å². The molecule has 8 N–H and O–H groups in total. The molecule has 10 nitrogen and oxygen atoms in total. The molecule has 0 radical (unpaired) electrons. The lowest BCUT2D eigenvalue weighted by atomic mass is 10.0. The first-order chi connectivity index (χ1) is 16.2. The van der Waals surface area contributed by atoms with Crippen molar-refractivity contribution in [1.82, 2.24) is 16.0 Å². The van der Waals surface area contributed by atoms with E-state index in [0.717, 1.165) is 5.56 Å². The average molecular weight is 496 g/mol. The lowest BCUT2D eigenvalue weighted by Gasteiger charge is -2.24. The highest BCUT2D eigenvalue weighted by molar-refractivity contribution is 7.98. The maximum absolute atomic E-state index is 12.9. The molecule has 4 unspecified atom stereocenters. The lowest BCUT2D eigenvalue weighted by molar-refractivity contribution is -0.142. The molecule has 1 rings (SSSR count). The molecule has 0 fully saturated rings. The Morgan fingerprint density at radius 1 is 0.941 bits per heavy atom. The number of aliphatic carboxylic acids is 1. The Hall–Kier alpha value is -2.63. The summed E-state index contributed by atoms with van der Waals surface area (Å²) in [5.74, 6) is -2.08. The van der Waals surface area contributed by atoms with E-state index in [1.165, 1.54) is 6.92 Å². The number of hydrogen-bond donors (Lipinski definition) is 6. The van der Waals surface area contributed by atoms with Crippen LogP contribution in [0.2, 0.25) is 0 Å². The van der Waals surface area contributed by atoms with Gasteiger partial charge in [-0.1, -0.05) is 30.3 Å². The summed E-state index contributed by atoms with van der Waals surface area (Å²) in [4.78, 5) is 49.5. The molecule has 0 heterocycles. The molecule has 0 spiro atoms. The molecule has 1 aromatic carbocycles. The Morgan fingerprint density at radius 3 is 2.18 bits per heavy atom. The van der Waals surface area contributed by atoms with Gasteiger partial charge in [0, 0.05) is 6.42 Å². The van der Waals surface area contributed by atoms with Gasteiger partial charge in [0.1, 0.15) is 18.1 Å². The summed E-state index contributed by atoms with van der Waals surface area (Å²) in [6, 6.07) is 5.15. The topological polar surface area (TPSA) is 177 Å². The van der Waals surface area contributed by atoms with Crippen LogP contribution in [-0.4, -0.2) is 71.5 Å². The number of rotatable bonds is 16. The molecule has 3 amide bonds. The van der Waals surface area contributed by atoms with Gasteiger partial charge in [-0.2, -0.15) is 11.8 Å². The summed E-state index contributed by atoms with van der Waals surface area (Å²) in [5.41, 5.74) is 12.1. The van der Waals surface area contributed by atoms with E-state index in [4.69, 9.17) is 11.5 Å². The minimum Gasteiger partial charge on any atom is -0.480 e. The zero-order chi connectivity index (χ0) is 25.5. The number of nitrogens with one attached hydrogen (secondary N) is 3. The van der Waals surface area contributed by atoms with Crippen LogP contribution < -0.4 is 27.4 Å². The summed E-state index contributed by atoms with van der Waals surface area (Å²) >= 11 is 1.57. The van der Waals surface area contributed by atoms with Gasteiger partial charge in [0.15, 0.2) is 0 Å². The smallest absolute Gasteiger partial charge is 0.326 e. The maximum atomic E-state index is 12.9. The average Bonchev–Trinajstić information content (AvgIpc) is 2.81. The van der Waals surface area contributed by atoms with Gasteiger partial charge in [-0.15, -0.1) is 0 Å². The van der Waals surface area contributed by atoms with Crippen molar-refractivity contribution in [2.24, 2.45) is 11.5 Å². The second-order valence-corrected chi connectivity index (χ2v) is 9.04. The molecule has 0 aliphatic carbocycles. The quantitative estimate of drug-likeness (QED) is 0.174. The number of nitrogens with two attached hydrogens (primary N) is 2. The van der Waals surface area contributed by atoms with E-state index in [0.29, 0.717) is 31.6 Å². The number of unbranched alkanes of at least 4 members (excludes halogenated alkanes) is 1. The van der Waals surface area contributed by atoms with E-state index in [1.807, 2.05) is 12.3 Å². The number of hydrogen-bond acceptors (Lipinski definition) is 7. The fourth-order valence-corrected chi connectivity index (χ4v) is 3.63. The highest BCUT2D eigenvalue weighted by atomic mass is 32.2. The second kappa shape index (κ2) is 16.1. The van der Waals surface area contributed by atoms with Crippen molar-refractivity contribution in [3.63, 3.8) is 0 Å². The van der Waals surface area contributed by atoms with E-state index in [-0.39, 0.29) is 12.8 Å². The Bertz CT molecular complexity index is 795. The van der Waals surface area contributed by atoms with Crippen molar-refractivity contribution < 1.29 is 24.3 Å². The van der Waals surface area contributed by atoms with Crippen LogP contribution in [0.4, 0.5) is 0 Å². The first-order valence-electron chi connectivity index (χ1n) is 11.3. The molecule has 0 saturated carbocycles. The molecular weight excluding hydrogens is 458 g/mol. The second-order valence-electron chi connectivity index (χ2n) is 8.05. The van der Waals surface area contributed by atoms with Gasteiger partial charge in [-0.3, -0.25) is 14.4 Å². The molecule has 0 aliphatic rings. The predicted octanol–water partition coefficient (Wildman–Crippen LogP) is -0.00260. The zero-order valence-corrected chi connectivity index (χ0v) is 20.6. The number of thioether (sulfide) groups is 1. The van der Waals surface area contributed by atoms with Crippen molar-refractivity contribution in [3.8, 4) is 0 Å². The first kappa shape index (κ1) is 29.4. The van der Waals surface area contributed by atoms with Crippen LogP contribution >= 0.6 is 11.8 Å². The largest absolute Gasteiger partial charge is 0.480 e. The van der Waals surface area contributed by atoms with Crippen LogP contribution in [0.5, 0.6) is 0 Å². The van der Waals surface area contributed by atoms with E-state index in [1.54, 1.807) is 36.0 Å². The van der Waals surface area contributed by atoms with Gasteiger partial charge in [-0.05, 0) is 56.7 Å². The van der Waals surface area contributed by atoms with Crippen LogP contribution in [0.25, 0.3) is 0 Å². The fraction of sp³-hybridized carbons (Fsp3) is 0.565. The molecular formula is C23H37N5O5S. The normalized spacial score (nSPS) is 14.4. The third-order valence-electron chi connectivity index (χ3n) is 5.20. The number of carboxylic acid groups (broad SMARTS) is 1. The van der Waals surface area contributed by atoms with Gasteiger partial charge in [0.25, 0.3) is 0 Å². The Balaban J connectivity index is 2.80. The molecule has 4 atom stereocenters. The van der Waals surface area contributed by atoms with Gasteiger partial charge >= 0.3 is 5.97 Å².